The third-order valence-electron chi connectivity index (χ3n) is 3.85. The summed E-state index contributed by atoms with van der Waals surface area (Å²) in [5.74, 6) is 1.62. The molecule has 0 atom stereocenters. The summed E-state index contributed by atoms with van der Waals surface area (Å²) in [6.45, 7) is 3.49. The zero-order valence-corrected chi connectivity index (χ0v) is 15.5. The number of hydrogen-bond acceptors (Lipinski definition) is 4. The van der Waals surface area contributed by atoms with Gasteiger partial charge in [0, 0.05) is 31.4 Å². The molecule has 7 heteroatoms. The summed E-state index contributed by atoms with van der Waals surface area (Å²) in [5, 5.41) is 4.40. The monoisotopic (exact) mass is 362 g/mol. The molecule has 2 heterocycles. The number of aromatic nitrogens is 4. The van der Waals surface area contributed by atoms with Gasteiger partial charge in [-0.1, -0.05) is 6.07 Å². The Morgan fingerprint density at radius 3 is 2.72 bits per heavy atom. The van der Waals surface area contributed by atoms with Crippen LogP contribution in [0.15, 0.2) is 43.0 Å². The number of rotatable bonds is 7. The average Bonchev–Trinajstić information content (AvgIpc) is 3.17. The van der Waals surface area contributed by atoms with Crippen molar-refractivity contribution in [3.8, 4) is 22.8 Å². The molecule has 2 aromatic heterocycles. The molecule has 3 rings (SSSR count). The van der Waals surface area contributed by atoms with Gasteiger partial charge in [-0.2, -0.15) is 5.10 Å². The first-order valence-electron chi connectivity index (χ1n) is 7.95. The Labute approximate surface area is 153 Å². The topological polar surface area (TPSA) is 54.1 Å². The van der Waals surface area contributed by atoms with Crippen LogP contribution in [0.2, 0.25) is 0 Å². The molecule has 1 aromatic carbocycles. The summed E-state index contributed by atoms with van der Waals surface area (Å²) in [6, 6.07) is 7.65. The molecule has 0 spiro atoms. The molecule has 0 radical (unpaired) electrons. The van der Waals surface area contributed by atoms with Crippen LogP contribution in [0.25, 0.3) is 11.3 Å². The molecular weight excluding hydrogens is 340 g/mol. The van der Waals surface area contributed by atoms with Crippen LogP contribution >= 0.6 is 12.4 Å². The molecule has 0 saturated heterocycles. The average molecular weight is 363 g/mol. The van der Waals surface area contributed by atoms with Crippen LogP contribution in [0.4, 0.5) is 0 Å². The predicted molar refractivity (Wildman–Crippen MR) is 99.5 cm³/mol. The molecule has 0 aliphatic carbocycles. The number of aryl methyl sites for hydroxylation is 3. The number of nitrogens with zero attached hydrogens (tertiary/aromatic N) is 4. The summed E-state index contributed by atoms with van der Waals surface area (Å²) < 4.78 is 15.0. The van der Waals surface area contributed by atoms with Crippen molar-refractivity contribution in [3.63, 3.8) is 0 Å². The third kappa shape index (κ3) is 4.54. The molecule has 0 amide bonds. The van der Waals surface area contributed by atoms with E-state index in [1.807, 2.05) is 61.6 Å². The first-order chi connectivity index (χ1) is 11.7. The van der Waals surface area contributed by atoms with E-state index in [1.54, 1.807) is 7.11 Å². The molecule has 0 fully saturated rings. The highest BCUT2D eigenvalue weighted by molar-refractivity contribution is 5.85. The molecule has 0 unspecified atom stereocenters. The first kappa shape index (κ1) is 18.9. The number of halogens is 1. The van der Waals surface area contributed by atoms with Crippen molar-refractivity contribution in [1.29, 1.82) is 0 Å². The molecule has 6 nitrogen and oxygen atoms in total. The molecule has 0 aliphatic heterocycles. The molecule has 25 heavy (non-hydrogen) atoms. The summed E-state index contributed by atoms with van der Waals surface area (Å²) in [4.78, 5) is 4.28. The Hall–Kier alpha value is -2.47. The van der Waals surface area contributed by atoms with Crippen LogP contribution in [0, 0.1) is 6.92 Å². The second-order valence-electron chi connectivity index (χ2n) is 5.66. The lowest BCUT2D eigenvalue weighted by molar-refractivity contribution is 0.300. The Balaban J connectivity index is 0.00000225. The summed E-state index contributed by atoms with van der Waals surface area (Å²) in [7, 11) is 3.58. The Morgan fingerprint density at radius 2 is 2.00 bits per heavy atom. The van der Waals surface area contributed by atoms with Gasteiger partial charge in [0.25, 0.3) is 0 Å². The molecule has 0 bridgehead atoms. The minimum absolute atomic E-state index is 0. The number of ether oxygens (including phenoxy) is 2. The van der Waals surface area contributed by atoms with Crippen LogP contribution in [0.5, 0.6) is 11.5 Å². The fourth-order valence-corrected chi connectivity index (χ4v) is 2.69. The molecule has 0 N–H and O–H groups in total. The van der Waals surface area contributed by atoms with Crippen LogP contribution < -0.4 is 9.47 Å². The third-order valence-corrected chi connectivity index (χ3v) is 3.85. The molecule has 0 aliphatic rings. The highest BCUT2D eigenvalue weighted by Crippen LogP contribution is 2.22. The summed E-state index contributed by atoms with van der Waals surface area (Å²) >= 11 is 0. The van der Waals surface area contributed by atoms with Crippen LogP contribution in [0.3, 0.4) is 0 Å². The lowest BCUT2D eigenvalue weighted by Gasteiger charge is -2.10. The Morgan fingerprint density at radius 1 is 1.20 bits per heavy atom. The number of hydrogen-bond donors (Lipinski definition) is 0. The van der Waals surface area contributed by atoms with Gasteiger partial charge in [-0.15, -0.1) is 12.4 Å². The van der Waals surface area contributed by atoms with Crippen molar-refractivity contribution < 1.29 is 9.47 Å². The van der Waals surface area contributed by atoms with Gasteiger partial charge >= 0.3 is 0 Å². The zero-order chi connectivity index (χ0) is 16.9. The standard InChI is InChI=1S/C18H22N4O2.ClH/c1-14-17(12-21(2)20-14)18-11-19-13-22(18)8-5-9-24-16-7-4-6-15(10-16)23-3;/h4,6-7,10-13H,5,8-9H2,1-3H3;1H. The molecular formula is C18H23ClN4O2. The molecule has 134 valence electrons. The van der Waals surface area contributed by atoms with Gasteiger partial charge < -0.3 is 14.0 Å². The zero-order valence-electron chi connectivity index (χ0n) is 14.7. The van der Waals surface area contributed by atoms with Crippen LogP contribution in [-0.4, -0.2) is 33.0 Å². The van der Waals surface area contributed by atoms with E-state index in [0.29, 0.717) is 6.61 Å². The van der Waals surface area contributed by atoms with Gasteiger partial charge in [0.2, 0.25) is 0 Å². The largest absolute Gasteiger partial charge is 0.497 e. The van der Waals surface area contributed by atoms with Gasteiger partial charge in [-0.05, 0) is 25.5 Å². The van der Waals surface area contributed by atoms with Gasteiger partial charge in [0.15, 0.2) is 0 Å². The fraction of sp³-hybridized carbons (Fsp3) is 0.333. The summed E-state index contributed by atoms with van der Waals surface area (Å²) in [5.41, 5.74) is 3.21. The maximum absolute atomic E-state index is 5.79. The number of methoxy groups -OCH3 is 1. The van der Waals surface area contributed by atoms with E-state index < -0.39 is 0 Å². The van der Waals surface area contributed by atoms with Gasteiger partial charge in [0.1, 0.15) is 11.5 Å². The fourth-order valence-electron chi connectivity index (χ4n) is 2.69. The second kappa shape index (κ2) is 8.58. The minimum atomic E-state index is 0. The van der Waals surface area contributed by atoms with Gasteiger partial charge in [-0.3, -0.25) is 4.68 Å². The SMILES string of the molecule is COc1cccc(OCCCn2cncc2-c2cn(C)nc2C)c1.Cl. The molecule has 3 aromatic rings. The Kier molecular flexibility index (Phi) is 6.47. The lowest BCUT2D eigenvalue weighted by atomic mass is 10.2. The van der Waals surface area contributed by atoms with E-state index in [9.17, 15) is 0 Å². The Bertz CT molecular complexity index is 813. The first-order valence-corrected chi connectivity index (χ1v) is 7.95. The minimum Gasteiger partial charge on any atom is -0.497 e. The van der Waals surface area contributed by atoms with Crippen molar-refractivity contribution in [3.05, 3.63) is 48.7 Å². The van der Waals surface area contributed by atoms with Crippen LogP contribution in [-0.2, 0) is 13.6 Å². The molecule has 0 saturated carbocycles. The van der Waals surface area contributed by atoms with E-state index in [0.717, 1.165) is 41.4 Å². The van der Waals surface area contributed by atoms with E-state index in [4.69, 9.17) is 9.47 Å². The quantitative estimate of drug-likeness (QED) is 0.604. The van der Waals surface area contributed by atoms with Crippen LogP contribution in [0.1, 0.15) is 12.1 Å². The number of benzene rings is 1. The van der Waals surface area contributed by atoms with Crippen molar-refractivity contribution >= 4 is 12.4 Å². The summed E-state index contributed by atoms with van der Waals surface area (Å²) in [6.07, 6.45) is 6.65. The maximum atomic E-state index is 5.79. The van der Waals surface area contributed by atoms with Gasteiger partial charge in [-0.25, -0.2) is 4.98 Å². The highest BCUT2D eigenvalue weighted by atomic mass is 35.5. The highest BCUT2D eigenvalue weighted by Gasteiger charge is 2.10. The second-order valence-corrected chi connectivity index (χ2v) is 5.66. The maximum Gasteiger partial charge on any atom is 0.122 e. The lowest BCUT2D eigenvalue weighted by Crippen LogP contribution is -2.05. The predicted octanol–water partition coefficient (Wildman–Crippen LogP) is 3.49. The van der Waals surface area contributed by atoms with Crippen molar-refractivity contribution in [2.45, 2.75) is 19.9 Å². The number of imidazole rings is 1. The van der Waals surface area contributed by atoms with E-state index in [-0.39, 0.29) is 12.4 Å². The van der Waals surface area contributed by atoms with E-state index in [1.165, 1.54) is 0 Å². The van der Waals surface area contributed by atoms with Crippen molar-refractivity contribution in [1.82, 2.24) is 19.3 Å². The van der Waals surface area contributed by atoms with Gasteiger partial charge in [0.05, 0.1) is 37.6 Å². The van der Waals surface area contributed by atoms with E-state index >= 15 is 0 Å². The van der Waals surface area contributed by atoms with Crippen molar-refractivity contribution in [2.24, 2.45) is 7.05 Å². The smallest absolute Gasteiger partial charge is 0.122 e. The van der Waals surface area contributed by atoms with E-state index in [2.05, 4.69) is 14.6 Å². The van der Waals surface area contributed by atoms with Crippen molar-refractivity contribution in [2.75, 3.05) is 13.7 Å². The normalized spacial score (nSPS) is 10.4.